The van der Waals surface area contributed by atoms with Gasteiger partial charge in [-0.3, -0.25) is 0 Å². The van der Waals surface area contributed by atoms with Crippen LogP contribution in [0.3, 0.4) is 0 Å². The topological polar surface area (TPSA) is 0 Å². The average molecular weight is 561 g/mol. The summed E-state index contributed by atoms with van der Waals surface area (Å²) in [5.74, 6) is -1.58. The molecule has 0 bridgehead atoms. The third-order valence-electron chi connectivity index (χ3n) is 1.22. The van der Waals surface area contributed by atoms with Crippen LogP contribution in [0, 0.1) is 0 Å². The first-order valence-electron chi connectivity index (χ1n) is 3.86. The fourth-order valence-corrected chi connectivity index (χ4v) is 4.11. The van der Waals surface area contributed by atoms with Crippen LogP contribution in [0.1, 0.15) is 20.8 Å². The fraction of sp³-hybridized carbons (Fsp3) is 1.00. The van der Waals surface area contributed by atoms with Gasteiger partial charge in [0.25, 0.3) is 0 Å². The van der Waals surface area contributed by atoms with Gasteiger partial charge in [-0.25, -0.2) is 0 Å². The van der Waals surface area contributed by atoms with Crippen molar-refractivity contribution in [2.75, 3.05) is 0 Å². The van der Waals surface area contributed by atoms with Crippen molar-refractivity contribution >= 4 is 81.5 Å². The molecule has 0 aliphatic rings. The molecule has 12 heavy (non-hydrogen) atoms. The van der Waals surface area contributed by atoms with E-state index in [1.165, 1.54) is 13.4 Å². The number of hydrogen-bond acceptors (Lipinski definition) is 0. The van der Waals surface area contributed by atoms with Gasteiger partial charge in [0, 0.05) is 0 Å². The molecule has 76 valence electrons. The van der Waals surface area contributed by atoms with Crippen LogP contribution in [0.25, 0.3) is 0 Å². The molecule has 0 nitrogen and oxygen atoms in total. The Labute approximate surface area is 114 Å². The molecular weight excluding hydrogens is 546 g/mol. The Morgan fingerprint density at radius 1 is 0.833 bits per heavy atom. The van der Waals surface area contributed by atoms with Gasteiger partial charge in [0.2, 0.25) is 0 Å². The summed E-state index contributed by atoms with van der Waals surface area (Å²) >= 11 is 12.7. The van der Waals surface area contributed by atoms with E-state index in [1.54, 1.807) is 0 Å². The van der Waals surface area contributed by atoms with Crippen molar-refractivity contribution in [3.8, 4) is 0 Å². The van der Waals surface area contributed by atoms with Crippen LogP contribution in [0.2, 0.25) is 13.4 Å². The van der Waals surface area contributed by atoms with E-state index in [2.05, 4.69) is 77.0 Å². The van der Waals surface area contributed by atoms with Crippen LogP contribution >= 0.6 is 56.2 Å². The molecule has 0 rings (SSSR count). The molecular formula is C6H15AlBr4Te. The van der Waals surface area contributed by atoms with Gasteiger partial charge in [0.15, 0.2) is 0 Å². The van der Waals surface area contributed by atoms with Gasteiger partial charge in [0.1, 0.15) is 0 Å². The summed E-state index contributed by atoms with van der Waals surface area (Å²) < 4.78 is 4.57. The molecule has 0 aliphatic carbocycles. The van der Waals surface area contributed by atoms with Crippen molar-refractivity contribution < 1.29 is 0 Å². The maximum Gasteiger partial charge on any atom is 0.450 e. The van der Waals surface area contributed by atoms with Crippen molar-refractivity contribution in [3.63, 3.8) is 0 Å². The quantitative estimate of drug-likeness (QED) is 0.397. The van der Waals surface area contributed by atoms with Crippen molar-refractivity contribution in [1.29, 1.82) is 0 Å². The zero-order valence-electron chi connectivity index (χ0n) is 7.62. The molecule has 0 aromatic rings. The standard InChI is InChI=1S/C6H15Te.Al.4BrH/c1-4-7(5-2)6-3;;;;;/h4-6H2,1-3H3;;4*1H/q+1;+3;;;;/p-4. The first kappa shape index (κ1) is 17.6. The van der Waals surface area contributed by atoms with Gasteiger partial charge >= 0.3 is 59.5 Å². The molecule has 0 saturated heterocycles. The summed E-state index contributed by atoms with van der Waals surface area (Å²) in [7, 11) is 0. The number of hydrogen-bond donors (Lipinski definition) is 0. The second-order valence-electron chi connectivity index (χ2n) is 1.97. The summed E-state index contributed by atoms with van der Waals surface area (Å²) in [6, 6.07) is 0. The van der Waals surface area contributed by atoms with E-state index in [9.17, 15) is 0 Å². The minimum atomic E-state index is -1.58. The molecule has 0 aliphatic heterocycles. The molecule has 0 radical (unpaired) electrons. The Morgan fingerprint density at radius 3 is 1.00 bits per heavy atom. The summed E-state index contributed by atoms with van der Waals surface area (Å²) in [6.45, 7) is 7.01. The van der Waals surface area contributed by atoms with E-state index in [1.807, 2.05) is 0 Å². The Bertz CT molecular complexity index is 80.5. The first-order valence-corrected chi connectivity index (χ1v) is 21.5. The molecule has 0 unspecified atom stereocenters. The van der Waals surface area contributed by atoms with Crippen LogP contribution in [-0.4, -0.2) is 25.3 Å². The maximum absolute atomic E-state index is 3.29. The molecule has 0 spiro atoms. The minimum absolute atomic E-state index is 0.431. The maximum atomic E-state index is 3.29. The van der Waals surface area contributed by atoms with Crippen LogP contribution in [0.5, 0.6) is 0 Å². The first-order chi connectivity index (χ1) is 5.35. The molecule has 0 fully saturated rings. The molecule has 0 atom stereocenters. The van der Waals surface area contributed by atoms with E-state index in [0.717, 1.165) is 0 Å². The third-order valence-corrected chi connectivity index (χ3v) is 8.22. The molecule has 0 N–H and O–H groups in total. The summed E-state index contributed by atoms with van der Waals surface area (Å²) in [5, 5.41) is 0. The van der Waals surface area contributed by atoms with Crippen LogP contribution < -0.4 is 0 Å². The molecule has 0 amide bonds. The van der Waals surface area contributed by atoms with Gasteiger partial charge in [-0.2, -0.15) is 0 Å². The number of halogens is 4. The second kappa shape index (κ2) is 10.7. The van der Waals surface area contributed by atoms with Gasteiger partial charge < -0.3 is 56.2 Å². The third kappa shape index (κ3) is 23.2. The van der Waals surface area contributed by atoms with Crippen molar-refractivity contribution in [2.45, 2.75) is 34.2 Å². The predicted molar refractivity (Wildman–Crippen MR) is 78.7 cm³/mol. The summed E-state index contributed by atoms with van der Waals surface area (Å²) in [6.07, 6.45) is 0. The van der Waals surface area contributed by atoms with E-state index < -0.39 is 25.3 Å². The molecule has 0 aromatic carbocycles. The van der Waals surface area contributed by atoms with Gasteiger partial charge in [-0.1, -0.05) is 0 Å². The zero-order valence-corrected chi connectivity index (χ0v) is 17.4. The van der Waals surface area contributed by atoms with Crippen molar-refractivity contribution in [1.82, 2.24) is 0 Å². The van der Waals surface area contributed by atoms with E-state index >= 15 is 0 Å². The van der Waals surface area contributed by atoms with Crippen LogP contribution in [-0.2, 0) is 0 Å². The molecule has 0 aromatic heterocycles. The Kier molecular flexibility index (Phi) is 15.8. The monoisotopic (exact) mass is 560 g/mol. The Morgan fingerprint density at radius 2 is 1.00 bits per heavy atom. The van der Waals surface area contributed by atoms with Gasteiger partial charge in [0.05, 0.1) is 0 Å². The SMILES string of the molecule is CC[Te+](CC)CC.[Br][Al-]([Br])([Br])[Br]. The normalized spacial score (nSPS) is 11.0. The fourth-order valence-electron chi connectivity index (χ4n) is 0.612. The molecule has 0 heterocycles. The van der Waals surface area contributed by atoms with E-state index in [4.69, 9.17) is 0 Å². The van der Waals surface area contributed by atoms with Crippen molar-refractivity contribution in [3.05, 3.63) is 0 Å². The van der Waals surface area contributed by atoms with Crippen LogP contribution in [0.4, 0.5) is 0 Å². The zero-order chi connectivity index (χ0) is 10.2. The van der Waals surface area contributed by atoms with Crippen LogP contribution in [0.15, 0.2) is 0 Å². The summed E-state index contributed by atoms with van der Waals surface area (Å²) in [4.78, 5) is 0. The smallest absolute Gasteiger partial charge is 0.363 e. The number of rotatable bonds is 3. The predicted octanol–water partition coefficient (Wildman–Crippen LogP) is 5.54. The second-order valence-corrected chi connectivity index (χ2v) is 50.0. The Hall–Kier alpha value is 3.24. The largest absolute Gasteiger partial charge is 0.450 e. The van der Waals surface area contributed by atoms with E-state index in [0.29, 0.717) is 0 Å². The van der Waals surface area contributed by atoms with Gasteiger partial charge in [-0.15, -0.1) is 0 Å². The Balaban J connectivity index is 0. The molecule has 0 saturated carbocycles. The summed E-state index contributed by atoms with van der Waals surface area (Å²) in [5.41, 5.74) is 0. The van der Waals surface area contributed by atoms with Crippen molar-refractivity contribution in [2.24, 2.45) is 0 Å². The molecule has 6 heteroatoms. The van der Waals surface area contributed by atoms with Gasteiger partial charge in [-0.05, 0) is 0 Å². The minimum Gasteiger partial charge on any atom is -0.363 e. The average Bonchev–Trinajstić information content (AvgIpc) is 1.88. The van der Waals surface area contributed by atoms with E-state index in [-0.39, 0.29) is 0 Å².